The monoisotopic (exact) mass is 57.1 g/mol. The van der Waals surface area contributed by atoms with Crippen molar-refractivity contribution in [3.05, 3.63) is 0 Å². The number of terminal acetylenes is 1. The maximum absolute atomic E-state index is 6.39. The predicted octanol–water partition coefficient (Wildman–Crippen LogP) is -0.422. The molecule has 0 fully saturated rings. The molecule has 1 nitrogen and oxygen atoms in total. The molecule has 0 rings (SSSR count). The summed E-state index contributed by atoms with van der Waals surface area (Å²) in [7, 11) is 0. The lowest BCUT2D eigenvalue weighted by Crippen LogP contribution is -1.91. The van der Waals surface area contributed by atoms with E-state index in [0.29, 0.717) is 0 Å². The van der Waals surface area contributed by atoms with Crippen LogP contribution in [0.4, 0.5) is 0 Å². The summed E-state index contributed by atoms with van der Waals surface area (Å²) in [4.78, 5) is 0. The van der Waals surface area contributed by atoms with Gasteiger partial charge in [0, 0.05) is 0 Å². The lowest BCUT2D eigenvalue weighted by atomic mass is 10.7. The Morgan fingerprint density at radius 3 is 2.75 bits per heavy atom. The molecule has 0 atom stereocenters. The Morgan fingerprint density at radius 1 is 2.50 bits per heavy atom. The second-order valence-corrected chi connectivity index (χ2v) is 0.289. The molecule has 0 aliphatic carbocycles. The molecule has 0 aromatic carbocycles. The van der Waals surface area contributed by atoms with Gasteiger partial charge in [-0.05, 0) is 0 Å². The van der Waals surface area contributed by atoms with Gasteiger partial charge in [-0.25, -0.2) is 0 Å². The average molecular weight is 57.1 g/mol. The summed E-state index contributed by atoms with van der Waals surface area (Å²) >= 11 is 0. The van der Waals surface area contributed by atoms with Crippen LogP contribution in [0.3, 0.4) is 0 Å². The van der Waals surface area contributed by atoms with Crippen molar-refractivity contribution in [3.8, 4) is 12.3 Å². The summed E-state index contributed by atoms with van der Waals surface area (Å²) in [6.07, 6.45) is 4.56. The highest BCUT2D eigenvalue weighted by Crippen LogP contribution is 1.25. The van der Waals surface area contributed by atoms with Gasteiger partial charge in [0.1, 0.15) is 0 Å². The van der Waals surface area contributed by atoms with E-state index in [0.717, 1.165) is 0 Å². The van der Waals surface area contributed by atoms with Crippen LogP contribution in [0, 0.1) is 12.3 Å². The molecule has 0 saturated heterocycles. The Bertz CT molecular complexity index is 75.8. The highest BCUT2D eigenvalue weighted by molar-refractivity contribution is 4.83. The lowest BCUT2D eigenvalue weighted by molar-refractivity contribution is 1.30. The molecule has 1 heteroatoms. The summed E-state index contributed by atoms with van der Waals surface area (Å²) in [6, 6.07) is 0. The molecule has 0 aromatic rings. The van der Waals surface area contributed by atoms with Crippen molar-refractivity contribution in [1.29, 1.82) is 0 Å². The minimum Gasteiger partial charge on any atom is -0.320 e. The largest absolute Gasteiger partial charge is 0.320 e. The maximum atomic E-state index is 6.39. The van der Waals surface area contributed by atoms with Crippen LogP contribution < -0.4 is 5.73 Å². The molecule has 2 N–H and O–H groups in total. The zero-order chi connectivity index (χ0) is 5.21. The molecule has 22 valence electrons. The first-order chi connectivity index (χ1) is 2.56. The van der Waals surface area contributed by atoms with Gasteiger partial charge in [-0.3, -0.25) is 0 Å². The minimum atomic E-state index is -1.93. The van der Waals surface area contributed by atoms with E-state index in [1.807, 2.05) is 0 Å². The fourth-order valence-electron chi connectivity index (χ4n) is 0. The normalized spacial score (nSPS) is 16.0. The van der Waals surface area contributed by atoms with E-state index in [2.05, 4.69) is 12.2 Å². The average Bonchev–Trinajstić information content (AvgIpc) is 1.35. The topological polar surface area (TPSA) is 26.0 Å². The van der Waals surface area contributed by atoms with Gasteiger partial charge >= 0.3 is 0 Å². The van der Waals surface area contributed by atoms with E-state index >= 15 is 0 Å². The van der Waals surface area contributed by atoms with Gasteiger partial charge < -0.3 is 5.73 Å². The standard InChI is InChI=1S/C3H5N/c1-2-3-4/h1H,3-4H2/i3D2. The van der Waals surface area contributed by atoms with Gasteiger partial charge in [0.15, 0.2) is 0 Å². The molecule has 0 heterocycles. The number of nitrogens with two attached hydrogens (primary N) is 1. The fourth-order valence-corrected chi connectivity index (χ4v) is 0. The van der Waals surface area contributed by atoms with E-state index < -0.39 is 6.50 Å². The number of hydrogen-bond acceptors (Lipinski definition) is 1. The quantitative estimate of drug-likeness (QED) is 0.375. The summed E-state index contributed by atoms with van der Waals surface area (Å²) in [5, 5.41) is 0. The van der Waals surface area contributed by atoms with Crippen molar-refractivity contribution in [2.75, 3.05) is 6.50 Å². The summed E-state index contributed by atoms with van der Waals surface area (Å²) < 4.78 is 12.8. The van der Waals surface area contributed by atoms with E-state index in [4.69, 9.17) is 2.74 Å². The second kappa shape index (κ2) is 2.52. The molecule has 0 radical (unpaired) electrons. The van der Waals surface area contributed by atoms with Crippen molar-refractivity contribution in [2.45, 2.75) is 0 Å². The van der Waals surface area contributed by atoms with Gasteiger partial charge in [0.05, 0.1) is 9.24 Å². The van der Waals surface area contributed by atoms with Crippen molar-refractivity contribution >= 4 is 0 Å². The zero-order valence-electron chi connectivity index (χ0n) is 4.15. The van der Waals surface area contributed by atoms with Crippen LogP contribution in [0.15, 0.2) is 0 Å². The molecule has 0 amide bonds. The smallest absolute Gasteiger partial charge is 0.0566 e. The first-order valence-corrected chi connectivity index (χ1v) is 0.827. The third kappa shape index (κ3) is 1.52. The maximum Gasteiger partial charge on any atom is 0.0566 e. The fraction of sp³-hybridized carbons (Fsp3) is 0.333. The van der Waals surface area contributed by atoms with Crippen LogP contribution in [0.1, 0.15) is 2.74 Å². The molecule has 0 unspecified atom stereocenters. The molecular formula is C3H5N. The van der Waals surface area contributed by atoms with Crippen LogP contribution in [0.2, 0.25) is 0 Å². The van der Waals surface area contributed by atoms with Gasteiger partial charge in [-0.1, -0.05) is 5.92 Å². The summed E-state index contributed by atoms with van der Waals surface area (Å²) in [6.45, 7) is -1.93. The Balaban J connectivity index is 3.55. The van der Waals surface area contributed by atoms with Crippen LogP contribution in [0.5, 0.6) is 0 Å². The third-order valence-electron chi connectivity index (χ3n) is 0.0833. The highest BCUT2D eigenvalue weighted by Gasteiger charge is 1.41. The van der Waals surface area contributed by atoms with Crippen molar-refractivity contribution in [2.24, 2.45) is 5.73 Å². The van der Waals surface area contributed by atoms with Crippen LogP contribution in [-0.2, 0) is 0 Å². The van der Waals surface area contributed by atoms with Crippen LogP contribution in [0.25, 0.3) is 0 Å². The predicted molar refractivity (Wildman–Crippen MR) is 17.9 cm³/mol. The van der Waals surface area contributed by atoms with Gasteiger partial charge in [-0.2, -0.15) is 0 Å². The van der Waals surface area contributed by atoms with Crippen LogP contribution >= 0.6 is 0 Å². The third-order valence-corrected chi connectivity index (χ3v) is 0.0833. The Labute approximate surface area is 28.6 Å². The van der Waals surface area contributed by atoms with Crippen molar-refractivity contribution < 1.29 is 2.74 Å². The van der Waals surface area contributed by atoms with E-state index in [1.165, 1.54) is 0 Å². The summed E-state index contributed by atoms with van der Waals surface area (Å²) in [5.74, 6) is 1.72. The summed E-state index contributed by atoms with van der Waals surface area (Å²) in [5.41, 5.74) is 4.63. The second-order valence-electron chi connectivity index (χ2n) is 0.289. The molecule has 0 spiro atoms. The number of rotatable bonds is 0. The molecule has 0 aliphatic rings. The molecular weight excluding hydrogens is 50.0 g/mol. The van der Waals surface area contributed by atoms with E-state index in [-0.39, 0.29) is 0 Å². The first-order valence-electron chi connectivity index (χ1n) is 1.83. The lowest BCUT2D eigenvalue weighted by Gasteiger charge is -1.56. The highest BCUT2D eigenvalue weighted by atomic mass is 14.5. The molecule has 0 bridgehead atoms. The molecule has 0 saturated carbocycles. The van der Waals surface area contributed by atoms with Crippen LogP contribution in [-0.4, -0.2) is 6.50 Å². The van der Waals surface area contributed by atoms with Crippen molar-refractivity contribution in [3.63, 3.8) is 0 Å². The molecule has 4 heavy (non-hydrogen) atoms. The number of hydrogen-bond donors (Lipinski definition) is 1. The van der Waals surface area contributed by atoms with Crippen molar-refractivity contribution in [1.82, 2.24) is 0 Å². The Hall–Kier alpha value is -0.480. The Morgan fingerprint density at radius 2 is 2.75 bits per heavy atom. The van der Waals surface area contributed by atoms with Gasteiger partial charge in [0.25, 0.3) is 0 Å². The SMILES string of the molecule is [2H]C([2H])(N)C#C. The van der Waals surface area contributed by atoms with Gasteiger partial charge in [0.2, 0.25) is 0 Å². The molecule has 0 aromatic heterocycles. The Kier molecular flexibility index (Phi) is 0.689. The van der Waals surface area contributed by atoms with E-state index in [9.17, 15) is 0 Å². The van der Waals surface area contributed by atoms with E-state index in [1.54, 1.807) is 5.92 Å². The minimum absolute atomic E-state index is 1.72. The zero-order valence-corrected chi connectivity index (χ0v) is 2.15. The molecule has 0 aliphatic heterocycles. The van der Waals surface area contributed by atoms with Gasteiger partial charge in [-0.15, -0.1) is 6.42 Å². The first kappa shape index (κ1) is 1.09.